The second kappa shape index (κ2) is 41.0. The number of likely N-dealkylation sites (N-methyl/N-ethyl adjacent to an activating group) is 4. The molecule has 0 bridgehead atoms. The fraction of sp³-hybridized carbons (Fsp3) is 0.769. The summed E-state index contributed by atoms with van der Waals surface area (Å²) in [6.45, 7) is 29.9. The summed E-state index contributed by atoms with van der Waals surface area (Å²) in [5, 5.41) is 19.0. The molecule has 1 heterocycles. The number of carbonyl (C=O) groups is 13. The summed E-state index contributed by atoms with van der Waals surface area (Å²) < 4.78 is 10.9. The summed E-state index contributed by atoms with van der Waals surface area (Å²) in [5.74, 6) is -12.1. The Morgan fingerprint density at radius 1 is 0.511 bits per heavy atom. The van der Waals surface area contributed by atoms with Gasteiger partial charge in [-0.05, 0) is 107 Å². The van der Waals surface area contributed by atoms with Gasteiger partial charge in [0.2, 0.25) is 65.0 Å². The van der Waals surface area contributed by atoms with Gasteiger partial charge in [0.05, 0.1) is 13.2 Å². The average molecular weight is 1320 g/mol. The van der Waals surface area contributed by atoms with Gasteiger partial charge in [-0.2, -0.15) is 13.5 Å². The van der Waals surface area contributed by atoms with E-state index in [4.69, 9.17) is 9.47 Å². The zero-order valence-electron chi connectivity index (χ0n) is 59.0. The van der Waals surface area contributed by atoms with E-state index in [2.05, 4.69) is 37.2 Å². The lowest BCUT2D eigenvalue weighted by Crippen LogP contribution is -2.63. The van der Waals surface area contributed by atoms with Gasteiger partial charge in [0, 0.05) is 41.5 Å². The van der Waals surface area contributed by atoms with Crippen LogP contribution in [0.2, 0.25) is 0 Å². The lowest BCUT2D eigenvalue weighted by atomic mass is 9.92. The van der Waals surface area contributed by atoms with Crippen molar-refractivity contribution in [3.05, 3.63) is 12.2 Å². The van der Waals surface area contributed by atoms with Gasteiger partial charge < -0.3 is 66.3 Å². The number of rotatable bonds is 20. The summed E-state index contributed by atoms with van der Waals surface area (Å²) in [5.41, 5.74) is 0. The molecule has 0 aromatic heterocycles. The molecule has 1 fully saturated rings. The number of nitrogens with one attached hydrogen (secondary N) is 7. The number of nitrogens with zero attached hydrogens (tertiary/aromatic N) is 4. The third-order valence-electron chi connectivity index (χ3n) is 15.9. The summed E-state index contributed by atoms with van der Waals surface area (Å²) >= 11 is 0. The maximum atomic E-state index is 15.0. The van der Waals surface area contributed by atoms with E-state index in [1.165, 1.54) is 51.8 Å². The van der Waals surface area contributed by atoms with Crippen molar-refractivity contribution in [1.82, 2.24) is 56.8 Å². The fourth-order valence-corrected chi connectivity index (χ4v) is 10.7. The van der Waals surface area contributed by atoms with Gasteiger partial charge in [-0.1, -0.05) is 109 Å². The standard InChI is InChI=1S/C65H113N11O15.H2S/c1-23-45-57(81)66-34-50(78)73(19)47(31-36(5)6)60(84)71-52(39(11)12)65(89)75(21)48(32-37(7)8)58(82)67-42(16)56(80)68-43(17)63(87)74(20)49(33-38(9)10)59(83)70-46(30-35(3)4)64(88)76(22)54(40(13)14)62(86)72-53(61(85)69-45)55(91-44(18)77)41(15)28-26-25-27-29-51(79)90-24-2;/h25-26,35-43,45-49,52-55H,23-24,27-34H2,1-22H3,(H,66,81)(H,67,82)(H,68,80)(H,69,85)(H,70,83)(H,71,84)(H,72,86);1H2/b26-25+;/t41-,42+,43-,45+,46+,47+,48+,49-,52+,53?,54+,55-;/m1./s1. The molecular formula is C65H115N11O15S. The quantitative estimate of drug-likeness (QED) is 0.0680. The number of allylic oxidation sites excluding steroid dienone is 2. The van der Waals surface area contributed by atoms with Crippen molar-refractivity contribution in [1.29, 1.82) is 0 Å². The second-order valence-corrected chi connectivity index (χ2v) is 26.6. The first-order valence-corrected chi connectivity index (χ1v) is 32.4. The summed E-state index contributed by atoms with van der Waals surface area (Å²) in [6, 6.07) is -13.0. The normalized spacial score (nSPS) is 25.1. The highest BCUT2D eigenvalue weighted by molar-refractivity contribution is 7.59. The molecule has 1 saturated heterocycles. The van der Waals surface area contributed by atoms with E-state index >= 15 is 4.79 Å². The van der Waals surface area contributed by atoms with Crippen LogP contribution in [0.3, 0.4) is 0 Å². The molecule has 1 unspecified atom stereocenters. The van der Waals surface area contributed by atoms with Crippen molar-refractivity contribution in [2.24, 2.45) is 41.4 Å². The Bertz CT molecular complexity index is 2530. The monoisotopic (exact) mass is 1320 g/mol. The van der Waals surface area contributed by atoms with Crippen LogP contribution in [0.25, 0.3) is 0 Å². The van der Waals surface area contributed by atoms with Gasteiger partial charge >= 0.3 is 11.9 Å². The van der Waals surface area contributed by atoms with Crippen LogP contribution in [-0.2, 0) is 71.8 Å². The molecule has 0 spiro atoms. The van der Waals surface area contributed by atoms with Crippen molar-refractivity contribution in [2.75, 3.05) is 41.3 Å². The summed E-state index contributed by atoms with van der Waals surface area (Å²) in [4.78, 5) is 189. The minimum absolute atomic E-state index is 0. The Kier molecular flexibility index (Phi) is 38.0. The molecule has 11 amide bonds. The molecule has 1 aliphatic heterocycles. The molecule has 0 saturated carbocycles. The van der Waals surface area contributed by atoms with Gasteiger partial charge in [0.15, 0.2) is 0 Å². The summed E-state index contributed by atoms with van der Waals surface area (Å²) in [6.07, 6.45) is 2.96. The zero-order chi connectivity index (χ0) is 70.1. The smallest absolute Gasteiger partial charge is 0.306 e. The fourth-order valence-electron chi connectivity index (χ4n) is 10.7. The van der Waals surface area contributed by atoms with E-state index in [0.717, 1.165) is 16.7 Å². The SMILES string of the molecule is CCOC(=O)CC/C=C/C[C@@H](C)[C@@H](OC(C)=O)C1NC(=O)[C@H](C(C)C)N(C)C(=O)[C@H](CC(C)C)NC(=O)[C@@H](CC(C)C)N(C)C(=O)[C@@H](C)NC(=O)[C@H](C)NC(=O)[C@H](CC(C)C)N(C)C(=O)[C@H](C(C)C)NC(=O)[C@H](CC(C)C)N(C)C(=O)CNC(=O)[C@H](CC)NC1=O.S. The van der Waals surface area contributed by atoms with Crippen molar-refractivity contribution >= 4 is 90.4 Å². The number of ether oxygens (including phenoxy) is 2. The molecule has 0 radical (unpaired) electrons. The van der Waals surface area contributed by atoms with Crippen molar-refractivity contribution in [3.8, 4) is 0 Å². The van der Waals surface area contributed by atoms with Gasteiger partial charge in [0.25, 0.3) is 0 Å². The Labute approximate surface area is 554 Å². The van der Waals surface area contributed by atoms with Crippen LogP contribution in [0.1, 0.15) is 176 Å². The van der Waals surface area contributed by atoms with Crippen LogP contribution in [0.15, 0.2) is 12.2 Å². The topological polar surface area (TPSA) is 338 Å². The zero-order valence-corrected chi connectivity index (χ0v) is 60.0. The van der Waals surface area contributed by atoms with Crippen LogP contribution in [0.5, 0.6) is 0 Å². The van der Waals surface area contributed by atoms with Crippen LogP contribution in [-0.4, -0.2) is 204 Å². The van der Waals surface area contributed by atoms with Crippen LogP contribution < -0.4 is 37.2 Å². The Morgan fingerprint density at radius 2 is 0.978 bits per heavy atom. The Hall–Kier alpha value is -6.80. The van der Waals surface area contributed by atoms with E-state index in [-0.39, 0.29) is 88.7 Å². The Morgan fingerprint density at radius 3 is 1.46 bits per heavy atom. The molecule has 0 aliphatic carbocycles. The van der Waals surface area contributed by atoms with Crippen LogP contribution in [0, 0.1) is 41.4 Å². The molecule has 27 heteroatoms. The molecular weight excluding hydrogens is 1210 g/mol. The molecule has 26 nitrogen and oxygen atoms in total. The van der Waals surface area contributed by atoms with E-state index < -0.39 is 168 Å². The molecule has 0 aromatic rings. The summed E-state index contributed by atoms with van der Waals surface area (Å²) in [7, 11) is 5.56. The molecule has 526 valence electrons. The van der Waals surface area contributed by atoms with E-state index in [1.54, 1.807) is 60.6 Å². The third kappa shape index (κ3) is 27.4. The lowest BCUT2D eigenvalue weighted by Gasteiger charge is -2.37. The van der Waals surface area contributed by atoms with Gasteiger partial charge in [-0.15, -0.1) is 0 Å². The third-order valence-corrected chi connectivity index (χ3v) is 15.9. The molecule has 1 aliphatic rings. The first kappa shape index (κ1) is 85.2. The predicted octanol–water partition coefficient (Wildman–Crippen LogP) is 3.25. The molecule has 7 N–H and O–H groups in total. The van der Waals surface area contributed by atoms with Gasteiger partial charge in [-0.25, -0.2) is 0 Å². The van der Waals surface area contributed by atoms with E-state index in [1.807, 2.05) is 55.4 Å². The number of carbonyl (C=O) groups excluding carboxylic acids is 13. The van der Waals surface area contributed by atoms with Crippen molar-refractivity contribution < 1.29 is 71.8 Å². The molecule has 0 aromatic carbocycles. The molecule has 92 heavy (non-hydrogen) atoms. The highest BCUT2D eigenvalue weighted by Crippen LogP contribution is 2.23. The Balaban J connectivity index is 0.0000828. The van der Waals surface area contributed by atoms with Gasteiger partial charge in [-0.3, -0.25) is 62.3 Å². The minimum atomic E-state index is -1.74. The van der Waals surface area contributed by atoms with E-state index in [0.29, 0.717) is 6.42 Å². The highest BCUT2D eigenvalue weighted by Gasteiger charge is 2.43. The predicted molar refractivity (Wildman–Crippen MR) is 355 cm³/mol. The number of esters is 2. The van der Waals surface area contributed by atoms with Crippen LogP contribution >= 0.6 is 13.5 Å². The minimum Gasteiger partial charge on any atom is -0.466 e. The maximum Gasteiger partial charge on any atom is 0.306 e. The first-order chi connectivity index (χ1) is 42.2. The number of amides is 11. The second-order valence-electron chi connectivity index (χ2n) is 26.6. The number of hydrogen-bond donors (Lipinski definition) is 7. The molecule has 12 atom stereocenters. The average Bonchev–Trinajstić information content (AvgIpc) is 0.904. The highest BCUT2D eigenvalue weighted by atomic mass is 32.1. The van der Waals surface area contributed by atoms with Crippen molar-refractivity contribution in [3.63, 3.8) is 0 Å². The van der Waals surface area contributed by atoms with Gasteiger partial charge in [0.1, 0.15) is 66.5 Å². The van der Waals surface area contributed by atoms with E-state index in [9.17, 15) is 57.5 Å². The largest absolute Gasteiger partial charge is 0.466 e. The number of hydrogen-bond acceptors (Lipinski definition) is 15. The maximum absolute atomic E-state index is 15.0. The first-order valence-electron chi connectivity index (χ1n) is 32.4. The molecule has 1 rings (SSSR count). The van der Waals surface area contributed by atoms with Crippen molar-refractivity contribution in [2.45, 2.75) is 243 Å². The van der Waals surface area contributed by atoms with Crippen LogP contribution in [0.4, 0.5) is 0 Å². The lowest BCUT2D eigenvalue weighted by molar-refractivity contribution is -0.155.